The van der Waals surface area contributed by atoms with Crippen molar-refractivity contribution in [3.63, 3.8) is 0 Å². The van der Waals surface area contributed by atoms with Crippen molar-refractivity contribution >= 4 is 11.8 Å². The van der Waals surface area contributed by atoms with Gasteiger partial charge in [-0.25, -0.2) is 0 Å². The smallest absolute Gasteiger partial charge is 0.250 e. The van der Waals surface area contributed by atoms with Gasteiger partial charge in [-0.3, -0.25) is 9.59 Å². The first kappa shape index (κ1) is 12.1. The van der Waals surface area contributed by atoms with Gasteiger partial charge in [-0.15, -0.1) is 0 Å². The molecule has 2 rings (SSSR count). The monoisotopic (exact) mass is 236 g/mol. The Balaban J connectivity index is 2.17. The van der Waals surface area contributed by atoms with Gasteiger partial charge in [0.15, 0.2) is 0 Å². The Hall–Kier alpha value is -1.32. The first-order valence-electron chi connectivity index (χ1n) is 6.41. The molecule has 94 valence electrons. The van der Waals surface area contributed by atoms with E-state index >= 15 is 0 Å². The van der Waals surface area contributed by atoms with Gasteiger partial charge >= 0.3 is 0 Å². The lowest BCUT2D eigenvalue weighted by atomic mass is 9.88. The summed E-state index contributed by atoms with van der Waals surface area (Å²) in [6.45, 7) is 2.51. The number of nitrogens with zero attached hydrogens (tertiary/aromatic N) is 1. The average Bonchev–Trinajstić information content (AvgIpc) is 2.56. The summed E-state index contributed by atoms with van der Waals surface area (Å²) in [5, 5.41) is 2.76. The molecule has 1 atom stereocenters. The topological polar surface area (TPSA) is 49.4 Å². The number of carbonyl (C=O) groups excluding carboxylic acids is 2. The van der Waals surface area contributed by atoms with Gasteiger partial charge in [0, 0.05) is 19.2 Å². The molecule has 2 amide bonds. The Morgan fingerprint density at radius 3 is 2.94 bits per heavy atom. The first-order chi connectivity index (χ1) is 8.15. The Morgan fingerprint density at radius 1 is 1.47 bits per heavy atom. The molecule has 1 N–H and O–H groups in total. The van der Waals surface area contributed by atoms with Gasteiger partial charge in [0.25, 0.3) is 5.91 Å². The number of fused-ring (bicyclic) bond motifs is 1. The van der Waals surface area contributed by atoms with Gasteiger partial charge < -0.3 is 10.2 Å². The van der Waals surface area contributed by atoms with E-state index in [4.69, 9.17) is 0 Å². The number of likely N-dealkylation sites (N-methyl/N-ethyl adjacent to an activating group) is 1. The molecule has 1 unspecified atom stereocenters. The van der Waals surface area contributed by atoms with E-state index in [0.717, 1.165) is 24.8 Å². The lowest BCUT2D eigenvalue weighted by molar-refractivity contribution is -0.127. The van der Waals surface area contributed by atoms with E-state index in [1.165, 1.54) is 12.0 Å². The zero-order valence-electron chi connectivity index (χ0n) is 10.6. The predicted molar refractivity (Wildman–Crippen MR) is 65.4 cm³/mol. The molecule has 4 heteroatoms. The predicted octanol–water partition coefficient (Wildman–Crippen LogP) is 1.22. The lowest BCUT2D eigenvalue weighted by Gasteiger charge is -2.26. The standard InChI is InChI=1S/C13H20N2O2/c1-3-14-12(16)8-10-9-6-4-5-7-11(9)15(2)13(10)17/h11H,3-8H2,1-2H3,(H,14,16). The fraction of sp³-hybridized carbons (Fsp3) is 0.692. The third kappa shape index (κ3) is 2.21. The summed E-state index contributed by atoms with van der Waals surface area (Å²) in [6.07, 6.45) is 4.61. The van der Waals surface area contributed by atoms with E-state index < -0.39 is 0 Å². The molecule has 4 nitrogen and oxygen atoms in total. The van der Waals surface area contributed by atoms with Gasteiger partial charge in [-0.05, 0) is 31.8 Å². The first-order valence-corrected chi connectivity index (χ1v) is 6.41. The molecule has 0 aromatic heterocycles. The average molecular weight is 236 g/mol. The van der Waals surface area contributed by atoms with Crippen molar-refractivity contribution in [1.82, 2.24) is 10.2 Å². The van der Waals surface area contributed by atoms with Gasteiger partial charge in [0.1, 0.15) is 0 Å². The molecular formula is C13H20N2O2. The summed E-state index contributed by atoms with van der Waals surface area (Å²) in [4.78, 5) is 25.5. The number of hydrogen-bond acceptors (Lipinski definition) is 2. The Labute approximate surface area is 102 Å². The highest BCUT2D eigenvalue weighted by atomic mass is 16.2. The zero-order valence-corrected chi connectivity index (χ0v) is 10.6. The van der Waals surface area contributed by atoms with Crippen LogP contribution in [0.4, 0.5) is 0 Å². The quantitative estimate of drug-likeness (QED) is 0.801. The Kier molecular flexibility index (Phi) is 3.50. The fourth-order valence-corrected chi connectivity index (χ4v) is 2.87. The zero-order chi connectivity index (χ0) is 12.4. The van der Waals surface area contributed by atoms with E-state index in [2.05, 4.69) is 5.32 Å². The number of carbonyl (C=O) groups is 2. The van der Waals surface area contributed by atoms with Gasteiger partial charge in [-0.1, -0.05) is 6.42 Å². The Morgan fingerprint density at radius 2 is 2.24 bits per heavy atom. The molecule has 1 aliphatic carbocycles. The molecule has 0 saturated heterocycles. The highest BCUT2D eigenvalue weighted by Gasteiger charge is 2.38. The van der Waals surface area contributed by atoms with E-state index in [-0.39, 0.29) is 24.3 Å². The number of amides is 2. The molecule has 0 bridgehead atoms. The molecule has 0 radical (unpaired) electrons. The molecular weight excluding hydrogens is 216 g/mol. The number of nitrogens with one attached hydrogen (secondary N) is 1. The van der Waals surface area contributed by atoms with Crippen LogP contribution >= 0.6 is 0 Å². The lowest BCUT2D eigenvalue weighted by Crippen LogP contribution is -2.33. The summed E-state index contributed by atoms with van der Waals surface area (Å²) in [5.74, 6) is 0.0149. The number of rotatable bonds is 3. The minimum atomic E-state index is -0.0389. The summed E-state index contributed by atoms with van der Waals surface area (Å²) in [6, 6.07) is 0.265. The highest BCUT2D eigenvalue weighted by Crippen LogP contribution is 2.36. The largest absolute Gasteiger partial charge is 0.356 e. The van der Waals surface area contributed by atoms with E-state index in [1.54, 1.807) is 0 Å². The van der Waals surface area contributed by atoms with Gasteiger partial charge in [-0.2, -0.15) is 0 Å². The van der Waals surface area contributed by atoms with Crippen molar-refractivity contribution in [3.8, 4) is 0 Å². The number of hydrogen-bond donors (Lipinski definition) is 1. The van der Waals surface area contributed by atoms with Crippen LogP contribution in [-0.2, 0) is 9.59 Å². The van der Waals surface area contributed by atoms with Crippen LogP contribution in [0.1, 0.15) is 39.0 Å². The normalized spacial score (nSPS) is 24.0. The third-order valence-corrected chi connectivity index (χ3v) is 3.72. The molecule has 0 aromatic rings. The highest BCUT2D eigenvalue weighted by molar-refractivity contribution is 6.02. The second-order valence-electron chi connectivity index (χ2n) is 4.81. The van der Waals surface area contributed by atoms with E-state index in [0.29, 0.717) is 6.54 Å². The van der Waals surface area contributed by atoms with Crippen molar-refractivity contribution < 1.29 is 9.59 Å². The van der Waals surface area contributed by atoms with Crippen molar-refractivity contribution in [1.29, 1.82) is 0 Å². The van der Waals surface area contributed by atoms with Crippen LogP contribution in [0.15, 0.2) is 11.1 Å². The SMILES string of the molecule is CCNC(=O)CC1=C2CCCCC2N(C)C1=O. The van der Waals surface area contributed by atoms with Crippen LogP contribution < -0.4 is 5.32 Å². The van der Waals surface area contributed by atoms with Crippen LogP contribution in [0.25, 0.3) is 0 Å². The summed E-state index contributed by atoms with van der Waals surface area (Å²) in [5.41, 5.74) is 1.97. The molecule has 1 saturated carbocycles. The van der Waals surface area contributed by atoms with Crippen molar-refractivity contribution in [2.24, 2.45) is 0 Å². The fourth-order valence-electron chi connectivity index (χ4n) is 2.87. The molecule has 17 heavy (non-hydrogen) atoms. The molecule has 0 spiro atoms. The van der Waals surface area contributed by atoms with Crippen LogP contribution in [0.5, 0.6) is 0 Å². The summed E-state index contributed by atoms with van der Waals surface area (Å²) in [7, 11) is 1.85. The molecule has 1 aliphatic heterocycles. The maximum absolute atomic E-state index is 12.1. The van der Waals surface area contributed by atoms with Crippen molar-refractivity contribution in [2.75, 3.05) is 13.6 Å². The van der Waals surface area contributed by atoms with Crippen molar-refractivity contribution in [2.45, 2.75) is 45.1 Å². The van der Waals surface area contributed by atoms with Crippen LogP contribution in [0.2, 0.25) is 0 Å². The van der Waals surface area contributed by atoms with Crippen LogP contribution in [-0.4, -0.2) is 36.3 Å². The maximum Gasteiger partial charge on any atom is 0.250 e. The van der Waals surface area contributed by atoms with Gasteiger partial charge in [0.05, 0.1) is 12.5 Å². The van der Waals surface area contributed by atoms with Gasteiger partial charge in [0.2, 0.25) is 5.91 Å². The summed E-state index contributed by atoms with van der Waals surface area (Å²) >= 11 is 0. The van der Waals surface area contributed by atoms with E-state index in [9.17, 15) is 9.59 Å². The third-order valence-electron chi connectivity index (χ3n) is 3.72. The van der Waals surface area contributed by atoms with E-state index in [1.807, 2.05) is 18.9 Å². The minimum Gasteiger partial charge on any atom is -0.356 e. The molecule has 2 aliphatic rings. The second-order valence-corrected chi connectivity index (χ2v) is 4.81. The van der Waals surface area contributed by atoms with Crippen LogP contribution in [0.3, 0.4) is 0 Å². The maximum atomic E-state index is 12.1. The van der Waals surface area contributed by atoms with Crippen molar-refractivity contribution in [3.05, 3.63) is 11.1 Å². The molecule has 1 heterocycles. The minimum absolute atomic E-state index is 0.0389. The Bertz CT molecular complexity index is 374. The molecule has 1 fully saturated rings. The summed E-state index contributed by atoms with van der Waals surface area (Å²) < 4.78 is 0. The van der Waals surface area contributed by atoms with Crippen LogP contribution in [0, 0.1) is 0 Å². The molecule has 0 aromatic carbocycles. The second kappa shape index (κ2) is 4.90.